The van der Waals surface area contributed by atoms with Crippen molar-refractivity contribution in [3.8, 4) is 11.5 Å². The van der Waals surface area contributed by atoms with Crippen LogP contribution in [0.15, 0.2) is 12.1 Å². The van der Waals surface area contributed by atoms with Gasteiger partial charge < -0.3 is 20.1 Å². The lowest BCUT2D eigenvalue weighted by atomic mass is 9.87. The van der Waals surface area contributed by atoms with Crippen molar-refractivity contribution in [1.29, 1.82) is 0 Å². The molecule has 2 N–H and O–H groups in total. The van der Waals surface area contributed by atoms with E-state index in [1.54, 1.807) is 12.1 Å². The summed E-state index contributed by atoms with van der Waals surface area (Å²) in [6.07, 6.45) is 0. The van der Waals surface area contributed by atoms with Crippen LogP contribution in [0.1, 0.15) is 58.8 Å². The maximum Gasteiger partial charge on any atom is 0.255 e. The Kier molecular flexibility index (Phi) is 4.52. The first kappa shape index (κ1) is 18.1. The van der Waals surface area contributed by atoms with E-state index in [9.17, 15) is 9.59 Å². The van der Waals surface area contributed by atoms with Crippen LogP contribution in [0, 0.1) is 5.41 Å². The zero-order valence-electron chi connectivity index (χ0n) is 15.4. The Bertz CT molecular complexity index is 676. The molecule has 1 heterocycles. The Labute approximate surface area is 142 Å². The zero-order valence-corrected chi connectivity index (χ0v) is 15.4. The fourth-order valence-electron chi connectivity index (χ4n) is 2.30. The third-order valence-electron chi connectivity index (χ3n) is 4.00. The SMILES string of the molecule is CC(=O)Nc1cc2c(c(C(=O)NC(C)C)c1)O[C@](C)(C(C)(C)C)O2. The molecule has 0 aromatic heterocycles. The Morgan fingerprint density at radius 1 is 1.17 bits per heavy atom. The molecule has 0 radical (unpaired) electrons. The van der Waals surface area contributed by atoms with Crippen LogP contribution in [-0.4, -0.2) is 23.6 Å². The normalized spacial score (nSPS) is 19.3. The van der Waals surface area contributed by atoms with Gasteiger partial charge in [-0.1, -0.05) is 20.8 Å². The molecule has 0 aliphatic carbocycles. The molecular weight excluding hydrogens is 308 g/mol. The second-order valence-electron chi connectivity index (χ2n) is 7.56. The second-order valence-corrected chi connectivity index (χ2v) is 7.56. The molecule has 2 amide bonds. The summed E-state index contributed by atoms with van der Waals surface area (Å²) in [7, 11) is 0. The van der Waals surface area contributed by atoms with Gasteiger partial charge in [-0.2, -0.15) is 0 Å². The summed E-state index contributed by atoms with van der Waals surface area (Å²) in [6.45, 7) is 13.0. The summed E-state index contributed by atoms with van der Waals surface area (Å²) in [4.78, 5) is 23.9. The number of anilines is 1. The Morgan fingerprint density at radius 2 is 1.79 bits per heavy atom. The molecule has 0 saturated heterocycles. The number of hydrogen-bond acceptors (Lipinski definition) is 4. The van der Waals surface area contributed by atoms with Gasteiger partial charge in [-0.25, -0.2) is 0 Å². The molecule has 0 spiro atoms. The lowest BCUT2D eigenvalue weighted by Crippen LogP contribution is -2.47. The highest BCUT2D eigenvalue weighted by molar-refractivity contribution is 6.00. The number of carbonyl (C=O) groups is 2. The lowest BCUT2D eigenvalue weighted by molar-refractivity contribution is -0.142. The summed E-state index contributed by atoms with van der Waals surface area (Å²) < 4.78 is 12.1. The summed E-state index contributed by atoms with van der Waals surface area (Å²) in [5, 5.41) is 5.54. The molecular formula is C18H26N2O4. The minimum Gasteiger partial charge on any atom is -0.448 e. The maximum atomic E-state index is 12.6. The average molecular weight is 334 g/mol. The average Bonchev–Trinajstić information content (AvgIpc) is 2.73. The van der Waals surface area contributed by atoms with Gasteiger partial charge in [-0.05, 0) is 19.9 Å². The van der Waals surface area contributed by atoms with Crippen LogP contribution in [-0.2, 0) is 4.79 Å². The molecule has 2 rings (SSSR count). The van der Waals surface area contributed by atoms with Gasteiger partial charge in [0.05, 0.1) is 5.56 Å². The predicted molar refractivity (Wildman–Crippen MR) is 92.5 cm³/mol. The van der Waals surface area contributed by atoms with Gasteiger partial charge in [0.1, 0.15) is 0 Å². The first-order valence-electron chi connectivity index (χ1n) is 8.07. The van der Waals surface area contributed by atoms with Gasteiger partial charge in [0, 0.05) is 37.1 Å². The molecule has 1 aliphatic rings. The summed E-state index contributed by atoms with van der Waals surface area (Å²) in [6, 6.07) is 3.27. The van der Waals surface area contributed by atoms with Crippen molar-refractivity contribution < 1.29 is 19.1 Å². The van der Waals surface area contributed by atoms with Crippen LogP contribution in [0.2, 0.25) is 0 Å². The number of benzene rings is 1. The minimum absolute atomic E-state index is 0.0195. The Morgan fingerprint density at radius 3 is 2.29 bits per heavy atom. The van der Waals surface area contributed by atoms with E-state index >= 15 is 0 Å². The number of carbonyl (C=O) groups excluding carboxylic acids is 2. The van der Waals surface area contributed by atoms with Crippen molar-refractivity contribution in [3.63, 3.8) is 0 Å². The molecule has 0 unspecified atom stereocenters. The van der Waals surface area contributed by atoms with Gasteiger partial charge in [-0.3, -0.25) is 9.59 Å². The van der Waals surface area contributed by atoms with Gasteiger partial charge >= 0.3 is 0 Å². The number of nitrogens with one attached hydrogen (secondary N) is 2. The first-order chi connectivity index (χ1) is 10.9. The highest BCUT2D eigenvalue weighted by Gasteiger charge is 2.48. The van der Waals surface area contributed by atoms with E-state index in [2.05, 4.69) is 10.6 Å². The second kappa shape index (κ2) is 6.00. The van der Waals surface area contributed by atoms with E-state index in [4.69, 9.17) is 9.47 Å². The fraction of sp³-hybridized carbons (Fsp3) is 0.556. The molecule has 6 nitrogen and oxygen atoms in total. The topological polar surface area (TPSA) is 76.7 Å². The third-order valence-corrected chi connectivity index (χ3v) is 4.00. The predicted octanol–water partition coefficient (Wildman–Crippen LogP) is 3.32. The maximum absolute atomic E-state index is 12.6. The molecule has 132 valence electrons. The van der Waals surface area contributed by atoms with E-state index in [1.807, 2.05) is 41.5 Å². The van der Waals surface area contributed by atoms with E-state index in [1.165, 1.54) is 6.92 Å². The Hall–Kier alpha value is -2.24. The lowest BCUT2D eigenvalue weighted by Gasteiger charge is -2.35. The van der Waals surface area contributed by atoms with E-state index in [0.717, 1.165) is 0 Å². The van der Waals surface area contributed by atoms with Crippen molar-refractivity contribution in [3.05, 3.63) is 17.7 Å². The first-order valence-corrected chi connectivity index (χ1v) is 8.07. The molecule has 1 atom stereocenters. The van der Waals surface area contributed by atoms with Crippen LogP contribution < -0.4 is 20.1 Å². The number of rotatable bonds is 3. The van der Waals surface area contributed by atoms with Crippen LogP contribution in [0.3, 0.4) is 0 Å². The molecule has 0 bridgehead atoms. The van der Waals surface area contributed by atoms with E-state index in [0.29, 0.717) is 22.7 Å². The molecule has 1 aromatic carbocycles. The molecule has 24 heavy (non-hydrogen) atoms. The van der Waals surface area contributed by atoms with Gasteiger partial charge in [-0.15, -0.1) is 0 Å². The highest BCUT2D eigenvalue weighted by atomic mass is 16.7. The fourth-order valence-corrected chi connectivity index (χ4v) is 2.30. The summed E-state index contributed by atoms with van der Waals surface area (Å²) in [5.41, 5.74) is 0.529. The van der Waals surface area contributed by atoms with E-state index in [-0.39, 0.29) is 23.3 Å². The van der Waals surface area contributed by atoms with Crippen molar-refractivity contribution in [2.45, 2.75) is 60.3 Å². The molecule has 1 aromatic rings. The molecule has 0 fully saturated rings. The summed E-state index contributed by atoms with van der Waals surface area (Å²) in [5.74, 6) is -0.540. The largest absolute Gasteiger partial charge is 0.448 e. The van der Waals surface area contributed by atoms with Crippen molar-refractivity contribution in [1.82, 2.24) is 5.32 Å². The standard InChI is InChI=1S/C18H26N2O4/c1-10(2)19-16(22)13-8-12(20-11(3)21)9-14-15(13)24-18(7,23-14)17(4,5)6/h8-10H,1-7H3,(H,19,22)(H,20,21)/t18-/m1/s1. The quantitative estimate of drug-likeness (QED) is 0.889. The van der Waals surface area contributed by atoms with Gasteiger partial charge in [0.25, 0.3) is 11.7 Å². The Balaban J connectivity index is 2.50. The van der Waals surface area contributed by atoms with E-state index < -0.39 is 5.79 Å². The smallest absolute Gasteiger partial charge is 0.255 e. The number of amides is 2. The number of fused-ring (bicyclic) bond motifs is 1. The molecule has 1 aliphatic heterocycles. The number of hydrogen-bond donors (Lipinski definition) is 2. The van der Waals surface area contributed by atoms with Crippen molar-refractivity contribution >= 4 is 17.5 Å². The van der Waals surface area contributed by atoms with Crippen LogP contribution in [0.4, 0.5) is 5.69 Å². The van der Waals surface area contributed by atoms with Crippen molar-refractivity contribution in [2.75, 3.05) is 5.32 Å². The zero-order chi connectivity index (χ0) is 18.3. The monoisotopic (exact) mass is 334 g/mol. The van der Waals surface area contributed by atoms with Crippen molar-refractivity contribution in [2.24, 2.45) is 5.41 Å². The third kappa shape index (κ3) is 3.47. The van der Waals surface area contributed by atoms with Gasteiger partial charge in [0.2, 0.25) is 5.91 Å². The number of ether oxygens (including phenoxy) is 2. The molecule has 0 saturated carbocycles. The minimum atomic E-state index is -0.906. The van der Waals surface area contributed by atoms with Crippen LogP contribution in [0.5, 0.6) is 11.5 Å². The van der Waals surface area contributed by atoms with Crippen LogP contribution >= 0.6 is 0 Å². The van der Waals surface area contributed by atoms with Gasteiger partial charge in [0.15, 0.2) is 11.5 Å². The highest BCUT2D eigenvalue weighted by Crippen LogP contribution is 2.49. The molecule has 6 heteroatoms. The summed E-state index contributed by atoms with van der Waals surface area (Å²) >= 11 is 0. The van der Waals surface area contributed by atoms with Crippen LogP contribution in [0.25, 0.3) is 0 Å².